The predicted molar refractivity (Wildman–Crippen MR) is 100 cm³/mol. The van der Waals surface area contributed by atoms with Crippen molar-refractivity contribution in [2.75, 3.05) is 13.2 Å². The van der Waals surface area contributed by atoms with E-state index in [0.29, 0.717) is 13.2 Å². The van der Waals surface area contributed by atoms with E-state index in [2.05, 4.69) is 0 Å². The van der Waals surface area contributed by atoms with Crippen molar-refractivity contribution in [3.63, 3.8) is 0 Å². The van der Waals surface area contributed by atoms with Gasteiger partial charge in [-0.15, -0.1) is 0 Å². The zero-order valence-electron chi connectivity index (χ0n) is 13.7. The summed E-state index contributed by atoms with van der Waals surface area (Å²) in [6.07, 6.45) is -0.461. The van der Waals surface area contributed by atoms with Crippen LogP contribution in [0, 0.1) is 0 Å². The van der Waals surface area contributed by atoms with E-state index in [1.165, 1.54) is 0 Å². The number of benzene rings is 3. The molecule has 1 heterocycles. The molecule has 25 heavy (non-hydrogen) atoms. The lowest BCUT2D eigenvalue weighted by atomic mass is 10.2. The molecule has 0 unspecified atom stereocenters. The van der Waals surface area contributed by atoms with E-state index < -0.39 is 13.4 Å². The molecular formula is C21H19O3P. The highest BCUT2D eigenvalue weighted by molar-refractivity contribution is 7.85. The summed E-state index contributed by atoms with van der Waals surface area (Å²) in [5.74, 6) is 0. The summed E-state index contributed by atoms with van der Waals surface area (Å²) in [4.78, 5) is 0. The van der Waals surface area contributed by atoms with Crippen molar-refractivity contribution < 1.29 is 14.0 Å². The SMILES string of the molecule is O=P(c1ccccc1)(c1ccccc1)c1ccccc1C1OCCO1. The minimum Gasteiger partial charge on any atom is -0.346 e. The number of hydrogen-bond acceptors (Lipinski definition) is 3. The molecule has 0 radical (unpaired) electrons. The van der Waals surface area contributed by atoms with Gasteiger partial charge in [-0.05, 0) is 0 Å². The zero-order chi connectivity index (χ0) is 17.1. The second-order valence-electron chi connectivity index (χ2n) is 5.91. The van der Waals surface area contributed by atoms with Crippen molar-refractivity contribution in [1.82, 2.24) is 0 Å². The Labute approximate surface area is 147 Å². The molecule has 1 fully saturated rings. The van der Waals surface area contributed by atoms with Crippen molar-refractivity contribution in [1.29, 1.82) is 0 Å². The summed E-state index contributed by atoms with van der Waals surface area (Å²) in [5.41, 5.74) is 0.844. The Morgan fingerprint density at radius 1 is 0.680 bits per heavy atom. The van der Waals surface area contributed by atoms with Crippen LogP contribution in [0.2, 0.25) is 0 Å². The quantitative estimate of drug-likeness (QED) is 0.677. The molecule has 0 atom stereocenters. The van der Waals surface area contributed by atoms with Gasteiger partial charge in [-0.2, -0.15) is 0 Å². The second kappa shape index (κ2) is 6.97. The fraction of sp³-hybridized carbons (Fsp3) is 0.143. The van der Waals surface area contributed by atoms with E-state index in [1.54, 1.807) is 0 Å². The predicted octanol–water partition coefficient (Wildman–Crippen LogP) is 3.37. The van der Waals surface area contributed by atoms with Crippen LogP contribution in [0.15, 0.2) is 84.9 Å². The van der Waals surface area contributed by atoms with Crippen molar-refractivity contribution in [2.45, 2.75) is 6.29 Å². The van der Waals surface area contributed by atoms with Crippen molar-refractivity contribution in [3.05, 3.63) is 90.5 Å². The summed E-state index contributed by atoms with van der Waals surface area (Å²) in [6.45, 7) is 1.11. The van der Waals surface area contributed by atoms with Gasteiger partial charge in [0.25, 0.3) is 0 Å². The third-order valence-corrected chi connectivity index (χ3v) is 7.53. The molecule has 0 saturated carbocycles. The summed E-state index contributed by atoms with van der Waals surface area (Å²) < 4.78 is 25.9. The molecule has 4 heteroatoms. The molecule has 0 aliphatic carbocycles. The Balaban J connectivity index is 1.96. The summed E-state index contributed by atoms with van der Waals surface area (Å²) >= 11 is 0. The second-order valence-corrected chi connectivity index (χ2v) is 8.65. The van der Waals surface area contributed by atoms with Crippen LogP contribution in [0.5, 0.6) is 0 Å². The molecular weight excluding hydrogens is 331 g/mol. The van der Waals surface area contributed by atoms with Crippen LogP contribution in [-0.4, -0.2) is 13.2 Å². The summed E-state index contributed by atoms with van der Waals surface area (Å²) in [6, 6.07) is 27.0. The third kappa shape index (κ3) is 2.96. The van der Waals surface area contributed by atoms with Crippen LogP contribution in [0.25, 0.3) is 0 Å². The van der Waals surface area contributed by atoms with Crippen molar-refractivity contribution >= 4 is 23.1 Å². The maximum absolute atomic E-state index is 14.5. The number of rotatable bonds is 4. The lowest BCUT2D eigenvalue weighted by Gasteiger charge is -2.24. The van der Waals surface area contributed by atoms with Gasteiger partial charge in [0.05, 0.1) is 13.2 Å². The van der Waals surface area contributed by atoms with E-state index in [1.807, 2.05) is 84.9 Å². The van der Waals surface area contributed by atoms with E-state index in [0.717, 1.165) is 21.5 Å². The lowest BCUT2D eigenvalue weighted by Crippen LogP contribution is -2.28. The fourth-order valence-electron chi connectivity index (χ4n) is 3.21. The van der Waals surface area contributed by atoms with Crippen molar-refractivity contribution in [2.24, 2.45) is 0 Å². The maximum Gasteiger partial charge on any atom is 0.184 e. The van der Waals surface area contributed by atoms with Gasteiger partial charge in [-0.25, -0.2) is 0 Å². The Morgan fingerprint density at radius 3 is 1.72 bits per heavy atom. The van der Waals surface area contributed by atoms with Gasteiger partial charge in [0.15, 0.2) is 13.4 Å². The standard InChI is InChI=1S/C21H19O3P/c22-25(17-9-3-1-4-10-17,18-11-5-2-6-12-18)20-14-8-7-13-19(20)21-23-15-16-24-21/h1-14,21H,15-16H2. The molecule has 1 aliphatic rings. The third-order valence-electron chi connectivity index (χ3n) is 4.39. The molecule has 4 rings (SSSR count). The summed E-state index contributed by atoms with van der Waals surface area (Å²) in [5, 5.41) is 2.40. The van der Waals surface area contributed by atoms with Gasteiger partial charge in [0.1, 0.15) is 0 Å². The van der Waals surface area contributed by atoms with Crippen LogP contribution >= 0.6 is 7.14 Å². The highest BCUT2D eigenvalue weighted by Gasteiger charge is 2.34. The number of hydrogen-bond donors (Lipinski definition) is 0. The topological polar surface area (TPSA) is 35.5 Å². The zero-order valence-corrected chi connectivity index (χ0v) is 14.6. The van der Waals surface area contributed by atoms with Crippen LogP contribution in [0.1, 0.15) is 11.9 Å². The molecule has 3 aromatic carbocycles. The Bertz CT molecular complexity index is 844. The largest absolute Gasteiger partial charge is 0.346 e. The van der Waals surface area contributed by atoms with Crippen LogP contribution in [0.3, 0.4) is 0 Å². The minimum absolute atomic E-state index is 0.461. The fourth-order valence-corrected chi connectivity index (χ4v) is 6.09. The smallest absolute Gasteiger partial charge is 0.184 e. The minimum atomic E-state index is -3.03. The first-order chi connectivity index (χ1) is 12.3. The monoisotopic (exact) mass is 350 g/mol. The molecule has 1 aliphatic heterocycles. The van der Waals surface area contributed by atoms with Gasteiger partial charge in [-0.3, -0.25) is 0 Å². The van der Waals surface area contributed by atoms with Crippen molar-refractivity contribution in [3.8, 4) is 0 Å². The molecule has 1 saturated heterocycles. The Hall–Kier alpha value is -2.19. The first-order valence-corrected chi connectivity index (χ1v) is 10.0. The van der Waals surface area contributed by atoms with Gasteiger partial charge in [0.2, 0.25) is 0 Å². The lowest BCUT2D eigenvalue weighted by molar-refractivity contribution is -0.0433. The maximum atomic E-state index is 14.5. The van der Waals surface area contributed by atoms with Crippen LogP contribution < -0.4 is 15.9 Å². The van der Waals surface area contributed by atoms with Gasteiger partial charge >= 0.3 is 0 Å². The number of ether oxygens (including phenoxy) is 2. The molecule has 0 amide bonds. The van der Waals surface area contributed by atoms with Gasteiger partial charge in [0, 0.05) is 21.5 Å². The van der Waals surface area contributed by atoms with E-state index >= 15 is 0 Å². The highest BCUT2D eigenvalue weighted by atomic mass is 31.2. The molecule has 0 N–H and O–H groups in total. The normalized spacial score (nSPS) is 15.4. The molecule has 3 aromatic rings. The average molecular weight is 350 g/mol. The molecule has 3 nitrogen and oxygen atoms in total. The van der Waals surface area contributed by atoms with Gasteiger partial charge in [-0.1, -0.05) is 84.9 Å². The Morgan fingerprint density at radius 2 is 1.16 bits per heavy atom. The Kier molecular flexibility index (Phi) is 4.54. The molecule has 0 bridgehead atoms. The molecule has 0 spiro atoms. The summed E-state index contributed by atoms with van der Waals surface area (Å²) in [7, 11) is -3.03. The average Bonchev–Trinajstić information content (AvgIpc) is 3.23. The van der Waals surface area contributed by atoms with E-state index in [4.69, 9.17) is 9.47 Å². The van der Waals surface area contributed by atoms with Crippen LogP contribution in [0.4, 0.5) is 0 Å². The highest BCUT2D eigenvalue weighted by Crippen LogP contribution is 2.44. The molecule has 126 valence electrons. The van der Waals surface area contributed by atoms with Gasteiger partial charge < -0.3 is 14.0 Å². The molecule has 0 aromatic heterocycles. The van der Waals surface area contributed by atoms with E-state index in [-0.39, 0.29) is 0 Å². The first-order valence-electron chi connectivity index (χ1n) is 8.34. The first kappa shape index (κ1) is 16.3. The van der Waals surface area contributed by atoms with E-state index in [9.17, 15) is 4.57 Å². The van der Waals surface area contributed by atoms with Crippen LogP contribution in [-0.2, 0) is 14.0 Å².